The predicted octanol–water partition coefficient (Wildman–Crippen LogP) is 5.25. The van der Waals surface area contributed by atoms with Gasteiger partial charge in [-0.3, -0.25) is 9.52 Å². The van der Waals surface area contributed by atoms with Crippen LogP contribution in [0, 0.1) is 13.8 Å². The Bertz CT molecular complexity index is 1180. The maximum absolute atomic E-state index is 12.8. The van der Waals surface area contributed by atoms with E-state index < -0.39 is 10.0 Å². The van der Waals surface area contributed by atoms with Crippen molar-refractivity contribution in [2.75, 3.05) is 4.72 Å². The number of hydrogen-bond acceptors (Lipinski definition) is 3. The summed E-state index contributed by atoms with van der Waals surface area (Å²) in [6.07, 6.45) is 0. The largest absolute Gasteiger partial charge is 0.345 e. The molecule has 7 heteroatoms. The fraction of sp³-hybridized carbons (Fsp3) is 0.174. The van der Waals surface area contributed by atoms with E-state index in [4.69, 9.17) is 11.6 Å². The lowest BCUT2D eigenvalue weighted by Crippen LogP contribution is -2.27. The number of amides is 1. The van der Waals surface area contributed by atoms with Crippen LogP contribution in [-0.4, -0.2) is 14.3 Å². The SMILES string of the molecule is Cc1ccc([C@@H](C)NC(=O)c2cc(NS(=O)(=O)c3ccccc3)ccc2Cl)cc1C. The van der Waals surface area contributed by atoms with E-state index in [1.807, 2.05) is 39.0 Å². The molecule has 0 saturated carbocycles. The Morgan fingerprint density at radius 2 is 1.63 bits per heavy atom. The first-order valence-electron chi connectivity index (χ1n) is 9.43. The molecule has 0 aliphatic heterocycles. The van der Waals surface area contributed by atoms with Gasteiger partial charge in [-0.15, -0.1) is 0 Å². The van der Waals surface area contributed by atoms with Crippen molar-refractivity contribution >= 4 is 33.2 Å². The summed E-state index contributed by atoms with van der Waals surface area (Å²) in [4.78, 5) is 12.9. The van der Waals surface area contributed by atoms with Gasteiger partial charge in [0.2, 0.25) is 0 Å². The predicted molar refractivity (Wildman–Crippen MR) is 120 cm³/mol. The smallest absolute Gasteiger partial charge is 0.261 e. The molecule has 0 saturated heterocycles. The lowest BCUT2D eigenvalue weighted by atomic mass is 10.0. The summed E-state index contributed by atoms with van der Waals surface area (Å²) in [6.45, 7) is 5.94. The quantitative estimate of drug-likeness (QED) is 0.547. The second-order valence-electron chi connectivity index (χ2n) is 7.15. The molecule has 0 radical (unpaired) electrons. The summed E-state index contributed by atoms with van der Waals surface area (Å²) in [5.41, 5.74) is 3.75. The Labute approximate surface area is 182 Å². The van der Waals surface area contributed by atoms with Gasteiger partial charge in [-0.05, 0) is 67.8 Å². The van der Waals surface area contributed by atoms with Gasteiger partial charge in [0.05, 0.1) is 21.5 Å². The van der Waals surface area contributed by atoms with Crippen molar-refractivity contribution in [3.63, 3.8) is 0 Å². The minimum absolute atomic E-state index is 0.134. The second kappa shape index (κ2) is 8.90. The molecule has 0 unspecified atom stereocenters. The lowest BCUT2D eigenvalue weighted by molar-refractivity contribution is 0.0940. The number of sulfonamides is 1. The van der Waals surface area contributed by atoms with Crippen LogP contribution < -0.4 is 10.0 Å². The molecule has 0 bridgehead atoms. The average Bonchev–Trinajstić information content (AvgIpc) is 2.71. The molecule has 0 aliphatic carbocycles. The Balaban J connectivity index is 1.80. The third-order valence-electron chi connectivity index (χ3n) is 4.90. The van der Waals surface area contributed by atoms with Crippen LogP contribution in [0.1, 0.15) is 40.0 Å². The number of rotatable bonds is 6. The number of carbonyl (C=O) groups is 1. The number of aryl methyl sites for hydroxylation is 2. The Kier molecular flexibility index (Phi) is 6.48. The van der Waals surface area contributed by atoms with Crippen molar-refractivity contribution in [3.8, 4) is 0 Å². The highest BCUT2D eigenvalue weighted by atomic mass is 35.5. The Morgan fingerprint density at radius 3 is 2.30 bits per heavy atom. The zero-order chi connectivity index (χ0) is 21.9. The molecule has 0 aliphatic rings. The number of anilines is 1. The van der Waals surface area contributed by atoms with Crippen LogP contribution in [0.25, 0.3) is 0 Å². The molecule has 2 N–H and O–H groups in total. The van der Waals surface area contributed by atoms with E-state index in [2.05, 4.69) is 10.0 Å². The van der Waals surface area contributed by atoms with Crippen molar-refractivity contribution in [1.29, 1.82) is 0 Å². The highest BCUT2D eigenvalue weighted by Gasteiger charge is 2.18. The topological polar surface area (TPSA) is 75.3 Å². The van der Waals surface area contributed by atoms with E-state index in [-0.39, 0.29) is 33.1 Å². The summed E-state index contributed by atoms with van der Waals surface area (Å²) in [7, 11) is -3.77. The fourth-order valence-electron chi connectivity index (χ4n) is 2.97. The van der Waals surface area contributed by atoms with Crippen molar-refractivity contribution in [2.45, 2.75) is 31.7 Å². The van der Waals surface area contributed by atoms with Gasteiger partial charge in [-0.1, -0.05) is 48.0 Å². The van der Waals surface area contributed by atoms with Crippen molar-refractivity contribution < 1.29 is 13.2 Å². The van der Waals surface area contributed by atoms with E-state index in [0.717, 1.165) is 11.1 Å². The van der Waals surface area contributed by atoms with Crippen molar-refractivity contribution in [3.05, 3.63) is 94.0 Å². The molecule has 156 valence electrons. The van der Waals surface area contributed by atoms with E-state index in [1.54, 1.807) is 18.2 Å². The van der Waals surface area contributed by atoms with Gasteiger partial charge in [0.1, 0.15) is 0 Å². The summed E-state index contributed by atoms with van der Waals surface area (Å²) >= 11 is 6.22. The van der Waals surface area contributed by atoms with Crippen molar-refractivity contribution in [1.82, 2.24) is 5.32 Å². The summed E-state index contributed by atoms with van der Waals surface area (Å²) in [5, 5.41) is 3.16. The number of halogens is 1. The molecule has 30 heavy (non-hydrogen) atoms. The fourth-order valence-corrected chi connectivity index (χ4v) is 4.24. The number of benzene rings is 3. The first-order chi connectivity index (χ1) is 14.2. The summed E-state index contributed by atoms with van der Waals surface area (Å²) < 4.78 is 27.6. The van der Waals surface area contributed by atoms with E-state index in [1.165, 1.54) is 35.9 Å². The van der Waals surface area contributed by atoms with Gasteiger partial charge < -0.3 is 5.32 Å². The Morgan fingerprint density at radius 1 is 0.933 bits per heavy atom. The maximum atomic E-state index is 12.8. The molecule has 3 aromatic carbocycles. The summed E-state index contributed by atoms with van der Waals surface area (Å²) in [5.74, 6) is -0.383. The van der Waals surface area contributed by atoms with Gasteiger partial charge in [0, 0.05) is 5.69 Å². The van der Waals surface area contributed by atoms with Crippen LogP contribution in [0.15, 0.2) is 71.6 Å². The van der Waals surface area contributed by atoms with Crippen LogP contribution in [0.5, 0.6) is 0 Å². The molecule has 5 nitrogen and oxygen atoms in total. The monoisotopic (exact) mass is 442 g/mol. The van der Waals surface area contributed by atoms with Crippen LogP contribution in [0.3, 0.4) is 0 Å². The number of hydrogen-bond donors (Lipinski definition) is 2. The zero-order valence-electron chi connectivity index (χ0n) is 16.9. The molecule has 0 heterocycles. The van der Waals surface area contributed by atoms with E-state index >= 15 is 0 Å². The number of nitrogens with one attached hydrogen (secondary N) is 2. The molecule has 1 amide bonds. The average molecular weight is 443 g/mol. The molecule has 0 aromatic heterocycles. The van der Waals surface area contributed by atoms with Crippen LogP contribution >= 0.6 is 11.6 Å². The van der Waals surface area contributed by atoms with Gasteiger partial charge >= 0.3 is 0 Å². The maximum Gasteiger partial charge on any atom is 0.261 e. The minimum atomic E-state index is -3.77. The van der Waals surface area contributed by atoms with Crippen LogP contribution in [0.2, 0.25) is 5.02 Å². The molecular formula is C23H23ClN2O3S. The molecule has 0 fully saturated rings. The van der Waals surface area contributed by atoms with Gasteiger partial charge in [-0.2, -0.15) is 0 Å². The first kappa shape index (κ1) is 21.9. The lowest BCUT2D eigenvalue weighted by Gasteiger charge is -2.17. The molecule has 1 atom stereocenters. The van der Waals surface area contributed by atoms with Gasteiger partial charge in [0.25, 0.3) is 15.9 Å². The summed E-state index contributed by atoms with van der Waals surface area (Å²) in [6, 6.07) is 18.3. The third kappa shape index (κ3) is 5.01. The van der Waals surface area contributed by atoms with Crippen LogP contribution in [-0.2, 0) is 10.0 Å². The standard InChI is InChI=1S/C23H23ClN2O3S/c1-15-9-10-18(13-16(15)2)17(3)25-23(27)21-14-19(11-12-22(21)24)26-30(28,29)20-7-5-4-6-8-20/h4-14,17,26H,1-3H3,(H,25,27)/t17-/m1/s1. The van der Waals surface area contributed by atoms with Gasteiger partial charge in [0.15, 0.2) is 0 Å². The van der Waals surface area contributed by atoms with E-state index in [0.29, 0.717) is 0 Å². The minimum Gasteiger partial charge on any atom is -0.345 e. The molecule has 3 rings (SSSR count). The molecule has 3 aromatic rings. The highest BCUT2D eigenvalue weighted by molar-refractivity contribution is 7.92. The van der Waals surface area contributed by atoms with Crippen molar-refractivity contribution in [2.24, 2.45) is 0 Å². The van der Waals surface area contributed by atoms with E-state index in [9.17, 15) is 13.2 Å². The van der Waals surface area contributed by atoms with Crippen LogP contribution in [0.4, 0.5) is 5.69 Å². The first-order valence-corrected chi connectivity index (χ1v) is 11.3. The Hall–Kier alpha value is -2.83. The second-order valence-corrected chi connectivity index (χ2v) is 9.24. The normalized spacial score (nSPS) is 12.3. The zero-order valence-corrected chi connectivity index (χ0v) is 18.5. The third-order valence-corrected chi connectivity index (χ3v) is 6.62. The highest BCUT2D eigenvalue weighted by Crippen LogP contribution is 2.24. The van der Waals surface area contributed by atoms with Gasteiger partial charge in [-0.25, -0.2) is 8.42 Å². The number of carbonyl (C=O) groups excluding carboxylic acids is 1. The molecular weight excluding hydrogens is 420 g/mol. The molecule has 0 spiro atoms.